The average molecular weight is 506 g/mol. The van der Waals surface area contributed by atoms with Crippen molar-refractivity contribution < 1.29 is 27.1 Å². The Kier molecular flexibility index (Phi) is 6.31. The fraction of sp³-hybridized carbons (Fsp3) is 0.0741. The summed E-state index contributed by atoms with van der Waals surface area (Å²) in [7, 11) is 0. The summed E-state index contributed by atoms with van der Waals surface area (Å²) in [6, 6.07) is 14.6. The Bertz CT molecular complexity index is 1620. The third-order valence-electron chi connectivity index (χ3n) is 5.74. The van der Waals surface area contributed by atoms with Gasteiger partial charge in [-0.1, -0.05) is 12.1 Å². The molecule has 0 radical (unpaired) electrons. The lowest BCUT2D eigenvalue weighted by Gasteiger charge is -2.11. The molecule has 37 heavy (non-hydrogen) atoms. The van der Waals surface area contributed by atoms with Crippen LogP contribution in [0.5, 0.6) is 5.75 Å². The van der Waals surface area contributed by atoms with Crippen LogP contribution < -0.4 is 10.1 Å². The molecule has 0 saturated heterocycles. The average Bonchev–Trinajstić information content (AvgIpc) is 3.31. The van der Waals surface area contributed by atoms with Crippen LogP contribution in [0, 0.1) is 18.6 Å². The minimum Gasteiger partial charge on any atom is -0.435 e. The van der Waals surface area contributed by atoms with E-state index in [1.807, 2.05) is 0 Å². The van der Waals surface area contributed by atoms with Crippen LogP contribution >= 0.6 is 0 Å². The van der Waals surface area contributed by atoms with Crippen molar-refractivity contribution in [2.45, 2.75) is 13.5 Å². The summed E-state index contributed by atoms with van der Waals surface area (Å²) in [5.41, 5.74) is 3.06. The summed E-state index contributed by atoms with van der Waals surface area (Å²) >= 11 is 0. The second-order valence-electron chi connectivity index (χ2n) is 8.07. The van der Waals surface area contributed by atoms with E-state index in [9.17, 15) is 22.4 Å². The van der Waals surface area contributed by atoms with Crippen molar-refractivity contribution in [3.63, 3.8) is 0 Å². The first kappa shape index (κ1) is 24.0. The van der Waals surface area contributed by atoms with Crippen molar-refractivity contribution in [1.29, 1.82) is 0 Å². The van der Waals surface area contributed by atoms with Gasteiger partial charge in [0.2, 0.25) is 0 Å². The molecule has 0 aliphatic heterocycles. The van der Waals surface area contributed by atoms with Gasteiger partial charge in [-0.3, -0.25) is 14.2 Å². The quantitative estimate of drug-likeness (QED) is 0.267. The number of fused-ring (bicyclic) bond motifs is 1. The van der Waals surface area contributed by atoms with Crippen LogP contribution in [-0.2, 0) is 0 Å². The smallest absolute Gasteiger partial charge is 0.387 e. The number of hydrogen-bond donors (Lipinski definition) is 1. The molecule has 0 fully saturated rings. The van der Waals surface area contributed by atoms with Gasteiger partial charge < -0.3 is 10.1 Å². The van der Waals surface area contributed by atoms with Crippen LogP contribution in [0.25, 0.3) is 28.0 Å². The molecule has 186 valence electrons. The number of carbonyl (C=O) groups excluding carboxylic acids is 1. The first-order valence-corrected chi connectivity index (χ1v) is 11.1. The predicted octanol–water partition coefficient (Wildman–Crippen LogP) is 6.50. The third kappa shape index (κ3) is 4.73. The van der Waals surface area contributed by atoms with Crippen molar-refractivity contribution in [3.8, 4) is 28.3 Å². The molecular weight excluding hydrogens is 488 g/mol. The molecule has 0 atom stereocenters. The van der Waals surface area contributed by atoms with Gasteiger partial charge in [-0.05, 0) is 55.5 Å². The van der Waals surface area contributed by atoms with E-state index in [0.717, 1.165) is 6.07 Å². The fourth-order valence-corrected chi connectivity index (χ4v) is 3.97. The molecule has 2 aromatic carbocycles. The third-order valence-corrected chi connectivity index (χ3v) is 5.74. The first-order valence-electron chi connectivity index (χ1n) is 11.1. The number of imidazole rings is 1. The second-order valence-corrected chi connectivity index (χ2v) is 8.07. The highest BCUT2D eigenvalue weighted by Crippen LogP contribution is 2.30. The van der Waals surface area contributed by atoms with Crippen LogP contribution in [0.3, 0.4) is 0 Å². The molecule has 10 heteroatoms. The van der Waals surface area contributed by atoms with Crippen LogP contribution in [0.15, 0.2) is 79.3 Å². The highest BCUT2D eigenvalue weighted by Gasteiger charge is 2.18. The number of anilines is 1. The van der Waals surface area contributed by atoms with E-state index in [0.29, 0.717) is 33.6 Å². The number of rotatable bonds is 6. The predicted molar refractivity (Wildman–Crippen MR) is 130 cm³/mol. The number of hydrogen-bond acceptors (Lipinski definition) is 4. The summed E-state index contributed by atoms with van der Waals surface area (Å²) in [6.07, 6.45) is 4.83. The van der Waals surface area contributed by atoms with Crippen molar-refractivity contribution in [3.05, 3.63) is 102 Å². The minimum absolute atomic E-state index is 0.0178. The van der Waals surface area contributed by atoms with Gasteiger partial charge >= 0.3 is 6.61 Å². The highest BCUT2D eigenvalue weighted by molar-refractivity contribution is 6.06. The monoisotopic (exact) mass is 506 g/mol. The van der Waals surface area contributed by atoms with Gasteiger partial charge in [0.05, 0.1) is 28.5 Å². The lowest BCUT2D eigenvalue weighted by atomic mass is 10.0. The molecule has 0 bridgehead atoms. The Morgan fingerprint density at radius 3 is 2.49 bits per heavy atom. The normalized spacial score (nSPS) is 11.2. The Labute approximate surface area is 208 Å². The number of amides is 1. The number of pyridine rings is 2. The largest absolute Gasteiger partial charge is 0.435 e. The van der Waals surface area contributed by atoms with Crippen molar-refractivity contribution in [2.75, 3.05) is 5.32 Å². The number of aromatic nitrogens is 3. The van der Waals surface area contributed by atoms with E-state index in [4.69, 9.17) is 0 Å². The topological polar surface area (TPSA) is 68.5 Å². The first-order chi connectivity index (χ1) is 17.8. The molecular formula is C27H18F4N4O2. The maximum Gasteiger partial charge on any atom is 0.387 e. The number of ether oxygens (including phenoxy) is 1. The number of carbonyl (C=O) groups is 1. The molecule has 0 unspecified atom stereocenters. The minimum atomic E-state index is -2.94. The van der Waals surface area contributed by atoms with E-state index in [-0.39, 0.29) is 17.1 Å². The van der Waals surface area contributed by atoms with E-state index >= 15 is 0 Å². The van der Waals surface area contributed by atoms with Crippen LogP contribution in [0.4, 0.5) is 23.2 Å². The van der Waals surface area contributed by atoms with Crippen LogP contribution in [-0.4, -0.2) is 26.9 Å². The van der Waals surface area contributed by atoms with Crippen LogP contribution in [0.1, 0.15) is 16.1 Å². The zero-order valence-electron chi connectivity index (χ0n) is 19.3. The van der Waals surface area contributed by atoms with Gasteiger partial charge in [-0.25, -0.2) is 13.8 Å². The zero-order chi connectivity index (χ0) is 26.1. The molecule has 0 spiro atoms. The molecule has 1 amide bonds. The molecule has 0 aliphatic carbocycles. The molecule has 5 rings (SSSR count). The van der Waals surface area contributed by atoms with Gasteiger partial charge in [-0.15, -0.1) is 0 Å². The highest BCUT2D eigenvalue weighted by atomic mass is 19.3. The van der Waals surface area contributed by atoms with Crippen LogP contribution in [0.2, 0.25) is 0 Å². The summed E-state index contributed by atoms with van der Waals surface area (Å²) in [5.74, 6) is -2.21. The second kappa shape index (κ2) is 9.73. The Morgan fingerprint density at radius 2 is 1.73 bits per heavy atom. The Hall–Kier alpha value is -4.73. The van der Waals surface area contributed by atoms with E-state index in [1.165, 1.54) is 42.6 Å². The lowest BCUT2D eigenvalue weighted by Crippen LogP contribution is -2.14. The van der Waals surface area contributed by atoms with Gasteiger partial charge in [-0.2, -0.15) is 8.78 Å². The number of benzene rings is 2. The molecule has 3 aromatic heterocycles. The zero-order valence-corrected chi connectivity index (χ0v) is 19.3. The molecule has 3 heterocycles. The number of nitrogens with one attached hydrogen (secondary N) is 1. The maximum absolute atomic E-state index is 14.4. The Morgan fingerprint density at radius 1 is 0.973 bits per heavy atom. The Balaban J connectivity index is 1.48. The molecule has 5 aromatic rings. The fourth-order valence-electron chi connectivity index (χ4n) is 3.97. The van der Waals surface area contributed by atoms with Gasteiger partial charge in [0.15, 0.2) is 11.6 Å². The summed E-state index contributed by atoms with van der Waals surface area (Å²) in [6.45, 7) is -1.26. The molecule has 0 saturated carbocycles. The maximum atomic E-state index is 14.4. The van der Waals surface area contributed by atoms with Gasteiger partial charge in [0.1, 0.15) is 11.6 Å². The summed E-state index contributed by atoms with van der Waals surface area (Å²) in [5, 5.41) is 2.72. The number of nitrogens with zero attached hydrogens (tertiary/aromatic N) is 3. The standard InChI is InChI=1S/C27H18F4N4O2/c1-15-21(26(36)34-17-7-9-18(10-8-17)37-27(30)31)12-16(13-32-15)19-5-3-11-35-23(19)14-33-25(35)20-4-2-6-22(28)24(20)29/h2-14,27H,1H3,(H,34,36). The molecule has 6 nitrogen and oxygen atoms in total. The molecule has 0 aliphatic rings. The molecule has 1 N–H and O–H groups in total. The summed E-state index contributed by atoms with van der Waals surface area (Å²) in [4.78, 5) is 21.7. The number of alkyl halides is 2. The van der Waals surface area contributed by atoms with E-state index < -0.39 is 24.2 Å². The van der Waals surface area contributed by atoms with Gasteiger partial charge in [0, 0.05) is 29.2 Å². The number of halogens is 4. The SMILES string of the molecule is Cc1ncc(-c2cccn3c(-c4cccc(F)c4F)ncc23)cc1C(=O)Nc1ccc(OC(F)F)cc1. The van der Waals surface area contributed by atoms with Crippen molar-refractivity contribution in [1.82, 2.24) is 14.4 Å². The van der Waals surface area contributed by atoms with E-state index in [1.54, 1.807) is 41.9 Å². The number of aryl methyl sites for hydroxylation is 1. The van der Waals surface area contributed by atoms with Gasteiger partial charge in [0.25, 0.3) is 5.91 Å². The lowest BCUT2D eigenvalue weighted by molar-refractivity contribution is -0.0498. The van der Waals surface area contributed by atoms with Crippen molar-refractivity contribution >= 4 is 17.1 Å². The summed E-state index contributed by atoms with van der Waals surface area (Å²) < 4.78 is 58.9. The van der Waals surface area contributed by atoms with Crippen molar-refractivity contribution in [2.24, 2.45) is 0 Å². The van der Waals surface area contributed by atoms with E-state index in [2.05, 4.69) is 20.0 Å².